The van der Waals surface area contributed by atoms with Crippen LogP contribution in [0.3, 0.4) is 0 Å². The summed E-state index contributed by atoms with van der Waals surface area (Å²) in [5.74, 6) is 1.24. The summed E-state index contributed by atoms with van der Waals surface area (Å²) in [6.45, 7) is 0.606. The van der Waals surface area contributed by atoms with Crippen molar-refractivity contribution in [2.75, 3.05) is 14.2 Å². The highest BCUT2D eigenvalue weighted by Crippen LogP contribution is 2.32. The predicted octanol–water partition coefficient (Wildman–Crippen LogP) is 3.43. The van der Waals surface area contributed by atoms with Crippen LogP contribution in [0, 0.1) is 0 Å². The number of benzene rings is 2. The van der Waals surface area contributed by atoms with Crippen LogP contribution >= 0.6 is 0 Å². The molecule has 5 nitrogen and oxygen atoms in total. The quantitative estimate of drug-likeness (QED) is 0.653. The molecule has 122 valence electrons. The summed E-state index contributed by atoms with van der Waals surface area (Å²) in [5, 5.41) is 4.57. The number of methoxy groups -OCH3 is 2. The van der Waals surface area contributed by atoms with E-state index in [4.69, 9.17) is 9.47 Å². The van der Waals surface area contributed by atoms with Gasteiger partial charge < -0.3 is 9.47 Å². The van der Waals surface area contributed by atoms with Gasteiger partial charge in [0.05, 0.1) is 26.3 Å². The number of aromatic nitrogens is 2. The zero-order chi connectivity index (χ0) is 16.9. The summed E-state index contributed by atoms with van der Waals surface area (Å²) < 4.78 is 12.3. The Morgan fingerprint density at radius 1 is 1.04 bits per heavy atom. The van der Waals surface area contributed by atoms with Crippen LogP contribution < -0.4 is 9.47 Å². The third kappa shape index (κ3) is 3.15. The molecule has 0 bridgehead atoms. The molecular weight excluding hydrogens is 304 g/mol. The molecule has 3 rings (SSSR count). The van der Waals surface area contributed by atoms with Crippen LogP contribution in [0.25, 0.3) is 11.3 Å². The Balaban J connectivity index is 1.97. The van der Waals surface area contributed by atoms with Gasteiger partial charge in [0.1, 0.15) is 5.69 Å². The average molecular weight is 322 g/mol. The molecular formula is C19H18N2O3. The maximum atomic E-state index is 11.4. The number of hydrogen-bond acceptors (Lipinski definition) is 4. The maximum absolute atomic E-state index is 11.4. The Kier molecular flexibility index (Phi) is 4.61. The number of carbonyl (C=O) groups is 1. The van der Waals surface area contributed by atoms with Gasteiger partial charge in [-0.15, -0.1) is 0 Å². The summed E-state index contributed by atoms with van der Waals surface area (Å²) in [7, 11) is 3.17. The van der Waals surface area contributed by atoms with Crippen molar-refractivity contribution in [3.8, 4) is 22.8 Å². The van der Waals surface area contributed by atoms with Gasteiger partial charge in [-0.25, -0.2) is 0 Å². The topological polar surface area (TPSA) is 53.4 Å². The first kappa shape index (κ1) is 15.8. The summed E-state index contributed by atoms with van der Waals surface area (Å²) in [6, 6.07) is 15.5. The van der Waals surface area contributed by atoms with Crippen LogP contribution in [0.15, 0.2) is 54.7 Å². The Morgan fingerprint density at radius 2 is 1.79 bits per heavy atom. The van der Waals surface area contributed by atoms with Crippen molar-refractivity contribution in [3.63, 3.8) is 0 Å². The molecule has 0 atom stereocenters. The zero-order valence-corrected chi connectivity index (χ0v) is 13.6. The van der Waals surface area contributed by atoms with Crippen molar-refractivity contribution in [1.82, 2.24) is 9.78 Å². The van der Waals surface area contributed by atoms with E-state index in [1.165, 1.54) is 0 Å². The first-order valence-corrected chi connectivity index (χ1v) is 7.54. The van der Waals surface area contributed by atoms with Crippen LogP contribution in [0.5, 0.6) is 11.5 Å². The van der Waals surface area contributed by atoms with E-state index in [2.05, 4.69) is 5.10 Å². The number of nitrogens with zero attached hydrogens (tertiary/aromatic N) is 2. The monoisotopic (exact) mass is 322 g/mol. The van der Waals surface area contributed by atoms with Gasteiger partial charge in [-0.1, -0.05) is 30.3 Å². The fourth-order valence-electron chi connectivity index (χ4n) is 2.58. The van der Waals surface area contributed by atoms with Crippen molar-refractivity contribution >= 4 is 6.29 Å². The number of aldehydes is 1. The number of carbonyl (C=O) groups excluding carboxylic acids is 1. The van der Waals surface area contributed by atoms with E-state index >= 15 is 0 Å². The molecule has 0 aliphatic heterocycles. The van der Waals surface area contributed by atoms with E-state index in [1.807, 2.05) is 42.5 Å². The van der Waals surface area contributed by atoms with Gasteiger partial charge in [0.2, 0.25) is 0 Å². The predicted molar refractivity (Wildman–Crippen MR) is 91.7 cm³/mol. The molecule has 5 heteroatoms. The molecule has 24 heavy (non-hydrogen) atoms. The van der Waals surface area contributed by atoms with Crippen LogP contribution in [-0.4, -0.2) is 30.3 Å². The second-order valence-corrected chi connectivity index (χ2v) is 5.30. The van der Waals surface area contributed by atoms with Crippen LogP contribution in [-0.2, 0) is 6.54 Å². The minimum absolute atomic E-state index is 0.540. The summed E-state index contributed by atoms with van der Waals surface area (Å²) in [6.07, 6.45) is 2.58. The lowest BCUT2D eigenvalue weighted by molar-refractivity contribution is 0.112. The van der Waals surface area contributed by atoms with E-state index in [9.17, 15) is 4.79 Å². The number of rotatable bonds is 6. The molecule has 3 aromatic rings. The fourth-order valence-corrected chi connectivity index (χ4v) is 2.58. The first-order valence-electron chi connectivity index (χ1n) is 7.54. The van der Waals surface area contributed by atoms with Crippen molar-refractivity contribution < 1.29 is 14.3 Å². The van der Waals surface area contributed by atoms with Gasteiger partial charge in [-0.3, -0.25) is 9.48 Å². The van der Waals surface area contributed by atoms with E-state index in [1.54, 1.807) is 31.2 Å². The molecule has 1 heterocycles. The van der Waals surface area contributed by atoms with Crippen LogP contribution in [0.2, 0.25) is 0 Å². The SMILES string of the molecule is COc1ccc(-c2nn(Cc3ccccc3)cc2C=O)cc1OC. The Hall–Kier alpha value is -3.08. The van der Waals surface area contributed by atoms with Crippen molar-refractivity contribution in [2.24, 2.45) is 0 Å². The molecule has 0 saturated heterocycles. The second-order valence-electron chi connectivity index (χ2n) is 5.30. The van der Waals surface area contributed by atoms with E-state index in [0.717, 1.165) is 17.4 Å². The standard InChI is InChI=1S/C19H18N2O3/c1-23-17-9-8-15(10-18(17)24-2)19-16(13-22)12-21(20-19)11-14-6-4-3-5-7-14/h3-10,12-13H,11H2,1-2H3. The molecule has 0 unspecified atom stereocenters. The first-order chi connectivity index (χ1) is 11.7. The molecule has 1 aromatic heterocycles. The van der Waals surface area contributed by atoms with Crippen molar-refractivity contribution in [2.45, 2.75) is 6.54 Å². The van der Waals surface area contributed by atoms with Gasteiger partial charge in [0.25, 0.3) is 0 Å². The van der Waals surface area contributed by atoms with E-state index in [0.29, 0.717) is 29.3 Å². The molecule has 2 aromatic carbocycles. The molecule has 0 radical (unpaired) electrons. The smallest absolute Gasteiger partial charge is 0.161 e. The Morgan fingerprint density at radius 3 is 2.46 bits per heavy atom. The van der Waals surface area contributed by atoms with Crippen LogP contribution in [0.4, 0.5) is 0 Å². The lowest BCUT2D eigenvalue weighted by Gasteiger charge is -2.08. The molecule has 0 amide bonds. The van der Waals surface area contributed by atoms with Gasteiger partial charge in [-0.2, -0.15) is 5.10 Å². The van der Waals surface area contributed by atoms with Crippen molar-refractivity contribution in [1.29, 1.82) is 0 Å². The minimum Gasteiger partial charge on any atom is -0.493 e. The molecule has 0 spiro atoms. The molecule has 0 aliphatic carbocycles. The van der Waals surface area contributed by atoms with E-state index < -0.39 is 0 Å². The third-order valence-corrected chi connectivity index (χ3v) is 3.76. The number of ether oxygens (including phenoxy) is 2. The fraction of sp³-hybridized carbons (Fsp3) is 0.158. The summed E-state index contributed by atoms with van der Waals surface area (Å²) in [5.41, 5.74) is 3.10. The van der Waals surface area contributed by atoms with Crippen LogP contribution in [0.1, 0.15) is 15.9 Å². The lowest BCUT2D eigenvalue weighted by atomic mass is 10.1. The summed E-state index contributed by atoms with van der Waals surface area (Å²) in [4.78, 5) is 11.4. The minimum atomic E-state index is 0.540. The van der Waals surface area contributed by atoms with Crippen molar-refractivity contribution in [3.05, 3.63) is 65.9 Å². The lowest BCUT2D eigenvalue weighted by Crippen LogP contribution is -2.00. The number of hydrogen-bond donors (Lipinski definition) is 0. The normalized spacial score (nSPS) is 10.4. The Labute approximate surface area is 140 Å². The maximum Gasteiger partial charge on any atom is 0.161 e. The molecule has 0 saturated carbocycles. The van der Waals surface area contributed by atoms with Gasteiger partial charge in [0, 0.05) is 11.8 Å². The molecule has 0 aliphatic rings. The van der Waals surface area contributed by atoms with Gasteiger partial charge in [0.15, 0.2) is 17.8 Å². The van der Waals surface area contributed by atoms with E-state index in [-0.39, 0.29) is 0 Å². The molecule has 0 N–H and O–H groups in total. The largest absolute Gasteiger partial charge is 0.493 e. The molecule has 0 fully saturated rings. The highest BCUT2D eigenvalue weighted by atomic mass is 16.5. The average Bonchev–Trinajstić information content (AvgIpc) is 3.04. The third-order valence-electron chi connectivity index (χ3n) is 3.76. The van der Waals surface area contributed by atoms with Gasteiger partial charge in [-0.05, 0) is 23.8 Å². The zero-order valence-electron chi connectivity index (χ0n) is 13.6. The summed E-state index contributed by atoms with van der Waals surface area (Å²) >= 11 is 0. The Bertz CT molecular complexity index is 841. The van der Waals surface area contributed by atoms with Gasteiger partial charge >= 0.3 is 0 Å². The second kappa shape index (κ2) is 7.00. The highest BCUT2D eigenvalue weighted by molar-refractivity contribution is 5.85. The highest BCUT2D eigenvalue weighted by Gasteiger charge is 2.14.